The van der Waals surface area contributed by atoms with Gasteiger partial charge in [0.25, 0.3) is 0 Å². The number of phosphoric ester groups is 2. The minimum absolute atomic E-state index is 0.106. The number of rotatable bonds is 79. The van der Waals surface area contributed by atoms with Crippen LogP contribution in [0.5, 0.6) is 0 Å². The highest BCUT2D eigenvalue weighted by molar-refractivity contribution is 7.47. The van der Waals surface area contributed by atoms with Crippen LogP contribution in [0.4, 0.5) is 0 Å². The van der Waals surface area contributed by atoms with Crippen molar-refractivity contribution in [1.29, 1.82) is 0 Å². The highest BCUT2D eigenvalue weighted by atomic mass is 31.2. The van der Waals surface area contributed by atoms with E-state index < -0.39 is 97.5 Å². The molecule has 17 nitrogen and oxygen atoms in total. The lowest BCUT2D eigenvalue weighted by atomic mass is 10.0. The van der Waals surface area contributed by atoms with Crippen molar-refractivity contribution in [2.75, 3.05) is 39.6 Å². The molecule has 0 aliphatic heterocycles. The molecular weight excluding hydrogens is 1280 g/mol. The summed E-state index contributed by atoms with van der Waals surface area (Å²) in [6.07, 6.45) is 62.5. The molecule has 0 saturated carbocycles. The molecule has 3 N–H and O–H groups in total. The molecule has 0 aromatic carbocycles. The van der Waals surface area contributed by atoms with Gasteiger partial charge >= 0.3 is 39.5 Å². The normalized spacial score (nSPS) is 13.9. The number of aliphatic hydroxyl groups excluding tert-OH is 1. The largest absolute Gasteiger partial charge is 0.472 e. The summed E-state index contributed by atoms with van der Waals surface area (Å²) >= 11 is 0. The van der Waals surface area contributed by atoms with Crippen molar-refractivity contribution in [2.45, 2.75) is 438 Å². The number of carbonyl (C=O) groups excluding carboxylic acids is 4. The Morgan fingerprint density at radius 1 is 0.276 bits per heavy atom. The van der Waals surface area contributed by atoms with Crippen LogP contribution in [0.3, 0.4) is 0 Å². The van der Waals surface area contributed by atoms with Crippen LogP contribution in [-0.4, -0.2) is 96.7 Å². The zero-order valence-electron chi connectivity index (χ0n) is 63.9. The van der Waals surface area contributed by atoms with Crippen molar-refractivity contribution < 1.29 is 80.2 Å². The van der Waals surface area contributed by atoms with Crippen LogP contribution in [-0.2, 0) is 65.4 Å². The van der Waals surface area contributed by atoms with Crippen LogP contribution in [0.25, 0.3) is 0 Å². The van der Waals surface area contributed by atoms with E-state index in [1.807, 2.05) is 0 Å². The van der Waals surface area contributed by atoms with Gasteiger partial charge in [0, 0.05) is 25.7 Å². The van der Waals surface area contributed by atoms with Gasteiger partial charge in [0.2, 0.25) is 0 Å². The van der Waals surface area contributed by atoms with E-state index in [1.165, 1.54) is 244 Å². The molecule has 0 spiro atoms. The Balaban J connectivity index is 5.22. The summed E-state index contributed by atoms with van der Waals surface area (Å²) < 4.78 is 68.6. The van der Waals surface area contributed by atoms with Crippen molar-refractivity contribution in [1.82, 2.24) is 0 Å². The number of ether oxygens (including phenoxy) is 4. The average molecular weight is 1440 g/mol. The fraction of sp³-hybridized carbons (Fsp3) is 0.949. The maximum Gasteiger partial charge on any atom is 0.472 e. The molecular formula is C79H154O17P2. The Labute approximate surface area is 600 Å². The lowest BCUT2D eigenvalue weighted by molar-refractivity contribution is -0.161. The Kier molecular flexibility index (Phi) is 70.6. The van der Waals surface area contributed by atoms with Crippen molar-refractivity contribution in [2.24, 2.45) is 5.92 Å². The van der Waals surface area contributed by atoms with Gasteiger partial charge < -0.3 is 33.8 Å². The van der Waals surface area contributed by atoms with Crippen molar-refractivity contribution in [3.05, 3.63) is 0 Å². The molecule has 0 bridgehead atoms. The first-order valence-corrected chi connectivity index (χ1v) is 44.1. The standard InChI is InChI=1S/C79H154O17P2/c1-6-9-12-15-18-21-24-26-28-30-31-33-35-37-39-44-49-54-59-64-78(83)95-74(69-90-77(82)63-58-53-48-43-38-36-34-32-29-27-25-22-19-16-13-10-7-2)70-93-97(85,86)91-66-73(80)67-92-98(87,88)94-71-75(68-89-76(81)62-57-52-47-42-23-20-17-14-11-8-3)96-79(84)65-60-55-50-45-40-41-46-51-56-61-72(4)5/h72-75,80H,6-71H2,1-5H3,(H,85,86)(H,87,88)/t73-,74-,75-/m1/s1. The lowest BCUT2D eigenvalue weighted by Crippen LogP contribution is -2.30. The zero-order valence-corrected chi connectivity index (χ0v) is 65.7. The van der Waals surface area contributed by atoms with Crippen LogP contribution in [0.15, 0.2) is 0 Å². The molecule has 0 rings (SSSR count). The predicted octanol–water partition coefficient (Wildman–Crippen LogP) is 23.6. The predicted molar refractivity (Wildman–Crippen MR) is 400 cm³/mol. The van der Waals surface area contributed by atoms with Crippen LogP contribution in [0.2, 0.25) is 0 Å². The molecule has 0 aliphatic carbocycles. The molecule has 2 unspecified atom stereocenters. The first-order chi connectivity index (χ1) is 47.5. The van der Waals surface area contributed by atoms with E-state index in [4.69, 9.17) is 37.0 Å². The summed E-state index contributed by atoms with van der Waals surface area (Å²) in [5.74, 6) is -1.37. The molecule has 98 heavy (non-hydrogen) atoms. The quantitative estimate of drug-likeness (QED) is 0.0222. The molecule has 19 heteroatoms. The average Bonchev–Trinajstić information content (AvgIpc) is 1.09. The van der Waals surface area contributed by atoms with Gasteiger partial charge in [-0.05, 0) is 31.6 Å². The monoisotopic (exact) mass is 1440 g/mol. The summed E-state index contributed by atoms with van der Waals surface area (Å²) in [4.78, 5) is 72.9. The van der Waals surface area contributed by atoms with Gasteiger partial charge in [-0.3, -0.25) is 37.3 Å². The van der Waals surface area contributed by atoms with Gasteiger partial charge in [-0.15, -0.1) is 0 Å². The molecule has 0 heterocycles. The summed E-state index contributed by atoms with van der Waals surface area (Å²) in [5.41, 5.74) is 0. The summed E-state index contributed by atoms with van der Waals surface area (Å²) in [5, 5.41) is 10.6. The summed E-state index contributed by atoms with van der Waals surface area (Å²) in [6, 6.07) is 0. The molecule has 0 radical (unpaired) electrons. The van der Waals surface area contributed by atoms with Crippen molar-refractivity contribution >= 4 is 39.5 Å². The summed E-state index contributed by atoms with van der Waals surface area (Å²) in [7, 11) is -9.91. The third-order valence-electron chi connectivity index (χ3n) is 18.5. The number of hydrogen-bond donors (Lipinski definition) is 3. The first kappa shape index (κ1) is 96.1. The van der Waals surface area contributed by atoms with Gasteiger partial charge in [0.05, 0.1) is 26.4 Å². The molecule has 582 valence electrons. The fourth-order valence-corrected chi connectivity index (χ4v) is 13.8. The maximum atomic E-state index is 13.1. The molecule has 0 aromatic heterocycles. The maximum absolute atomic E-state index is 13.1. The molecule has 5 atom stereocenters. The van der Waals surface area contributed by atoms with Crippen LogP contribution >= 0.6 is 15.6 Å². The van der Waals surface area contributed by atoms with Crippen LogP contribution in [0, 0.1) is 5.92 Å². The van der Waals surface area contributed by atoms with Gasteiger partial charge in [0.1, 0.15) is 19.3 Å². The first-order valence-electron chi connectivity index (χ1n) is 41.1. The second-order valence-electron chi connectivity index (χ2n) is 28.9. The van der Waals surface area contributed by atoms with E-state index >= 15 is 0 Å². The molecule has 0 saturated heterocycles. The van der Waals surface area contributed by atoms with E-state index in [1.54, 1.807) is 0 Å². The van der Waals surface area contributed by atoms with Gasteiger partial charge in [0.15, 0.2) is 12.2 Å². The highest BCUT2D eigenvalue weighted by Crippen LogP contribution is 2.45. The van der Waals surface area contributed by atoms with E-state index in [0.717, 1.165) is 95.8 Å². The summed E-state index contributed by atoms with van der Waals surface area (Å²) in [6.45, 7) is 7.28. The van der Waals surface area contributed by atoms with E-state index in [2.05, 4.69) is 34.6 Å². The number of esters is 4. The lowest BCUT2D eigenvalue weighted by Gasteiger charge is -2.21. The molecule has 0 aromatic rings. The van der Waals surface area contributed by atoms with E-state index in [0.29, 0.717) is 25.7 Å². The third-order valence-corrected chi connectivity index (χ3v) is 20.4. The number of hydrogen-bond acceptors (Lipinski definition) is 15. The van der Waals surface area contributed by atoms with Crippen LogP contribution in [0.1, 0.15) is 420 Å². The second kappa shape index (κ2) is 72.0. The Morgan fingerprint density at radius 2 is 0.469 bits per heavy atom. The molecule has 0 aliphatic rings. The molecule has 0 amide bonds. The number of unbranched alkanes of at least 4 members (excludes halogenated alkanes) is 51. The smallest absolute Gasteiger partial charge is 0.462 e. The van der Waals surface area contributed by atoms with Crippen molar-refractivity contribution in [3.8, 4) is 0 Å². The van der Waals surface area contributed by atoms with Crippen molar-refractivity contribution in [3.63, 3.8) is 0 Å². The SMILES string of the molecule is CCCCCCCCCCCCCCCCCCCCCC(=O)O[C@H](COC(=O)CCCCCCCCCCCCCCCCCCC)COP(=O)(O)OC[C@@H](O)COP(=O)(O)OC[C@@H](COC(=O)CCCCCCCCCCCC)OC(=O)CCCCCCCCCCCC(C)C. The Bertz CT molecular complexity index is 1870. The Hall–Kier alpha value is -1.94. The minimum atomic E-state index is -4.96. The fourth-order valence-electron chi connectivity index (χ4n) is 12.2. The van der Waals surface area contributed by atoms with Gasteiger partial charge in [-0.25, -0.2) is 9.13 Å². The molecule has 0 fully saturated rings. The van der Waals surface area contributed by atoms with Gasteiger partial charge in [-0.2, -0.15) is 0 Å². The highest BCUT2D eigenvalue weighted by Gasteiger charge is 2.30. The number of aliphatic hydroxyl groups is 1. The Morgan fingerprint density at radius 3 is 0.694 bits per heavy atom. The van der Waals surface area contributed by atoms with Crippen LogP contribution < -0.4 is 0 Å². The number of phosphoric acid groups is 2. The third kappa shape index (κ3) is 72.4. The second-order valence-corrected chi connectivity index (χ2v) is 31.8. The zero-order chi connectivity index (χ0) is 71.9. The van der Waals surface area contributed by atoms with E-state index in [9.17, 15) is 43.2 Å². The minimum Gasteiger partial charge on any atom is -0.462 e. The van der Waals surface area contributed by atoms with Gasteiger partial charge in [-0.1, -0.05) is 369 Å². The number of carbonyl (C=O) groups is 4. The topological polar surface area (TPSA) is 237 Å². The van der Waals surface area contributed by atoms with E-state index in [-0.39, 0.29) is 25.7 Å².